The van der Waals surface area contributed by atoms with Crippen molar-refractivity contribution in [1.82, 2.24) is 9.97 Å². The summed E-state index contributed by atoms with van der Waals surface area (Å²) in [6.07, 6.45) is -1.60. The largest absolute Gasteiger partial charge is 0.410 e. The molecule has 0 aliphatic carbocycles. The SMILES string of the molecule is O=c1[nH]c2cc(Cl)ccc2nc1/C(=N/O)C(O)c1cccc([N+](=O)[O-])c1. The predicted octanol–water partition coefficient (Wildman–Crippen LogP) is 2.40. The molecule has 3 aromatic rings. The van der Waals surface area contributed by atoms with Gasteiger partial charge in [-0.15, -0.1) is 0 Å². The fourth-order valence-corrected chi connectivity index (χ4v) is 2.60. The van der Waals surface area contributed by atoms with E-state index in [4.69, 9.17) is 11.6 Å². The molecule has 0 radical (unpaired) electrons. The second-order valence-corrected chi connectivity index (χ2v) is 5.75. The van der Waals surface area contributed by atoms with Crippen LogP contribution in [0.25, 0.3) is 11.0 Å². The molecule has 2 aromatic carbocycles. The Labute approximate surface area is 150 Å². The number of halogens is 1. The first kappa shape index (κ1) is 17.5. The normalized spacial score (nSPS) is 12.9. The van der Waals surface area contributed by atoms with Gasteiger partial charge in [-0.1, -0.05) is 28.9 Å². The number of benzene rings is 2. The summed E-state index contributed by atoms with van der Waals surface area (Å²) in [6.45, 7) is 0. The van der Waals surface area contributed by atoms with Gasteiger partial charge in [0.1, 0.15) is 11.8 Å². The second-order valence-electron chi connectivity index (χ2n) is 5.32. The molecule has 9 nitrogen and oxygen atoms in total. The van der Waals surface area contributed by atoms with Crippen LogP contribution in [-0.2, 0) is 0 Å². The van der Waals surface area contributed by atoms with Crippen molar-refractivity contribution < 1.29 is 15.2 Å². The molecular formula is C16H11ClN4O5. The van der Waals surface area contributed by atoms with Gasteiger partial charge in [-0.2, -0.15) is 0 Å². The number of aromatic amines is 1. The van der Waals surface area contributed by atoms with Crippen molar-refractivity contribution in [1.29, 1.82) is 0 Å². The predicted molar refractivity (Wildman–Crippen MR) is 93.8 cm³/mol. The van der Waals surface area contributed by atoms with Crippen molar-refractivity contribution in [2.45, 2.75) is 6.10 Å². The van der Waals surface area contributed by atoms with Gasteiger partial charge in [0.05, 0.1) is 16.0 Å². The number of fused-ring (bicyclic) bond motifs is 1. The molecule has 0 aliphatic rings. The lowest BCUT2D eigenvalue weighted by atomic mass is 10.0. The monoisotopic (exact) mass is 374 g/mol. The number of hydrogen-bond acceptors (Lipinski definition) is 7. The average molecular weight is 375 g/mol. The zero-order valence-corrected chi connectivity index (χ0v) is 13.7. The van der Waals surface area contributed by atoms with Crippen LogP contribution in [0, 0.1) is 10.1 Å². The first-order valence-corrected chi connectivity index (χ1v) is 7.63. The van der Waals surface area contributed by atoms with Crippen LogP contribution in [0.1, 0.15) is 17.4 Å². The quantitative estimate of drug-likeness (QED) is 0.277. The van der Waals surface area contributed by atoms with E-state index < -0.39 is 22.3 Å². The molecule has 1 heterocycles. The van der Waals surface area contributed by atoms with Crippen LogP contribution >= 0.6 is 11.6 Å². The van der Waals surface area contributed by atoms with E-state index in [0.717, 1.165) is 6.07 Å². The van der Waals surface area contributed by atoms with E-state index in [2.05, 4.69) is 15.1 Å². The first-order valence-electron chi connectivity index (χ1n) is 7.25. The van der Waals surface area contributed by atoms with Crippen molar-refractivity contribution >= 4 is 34.0 Å². The summed E-state index contributed by atoms with van der Waals surface area (Å²) in [6, 6.07) is 9.74. The van der Waals surface area contributed by atoms with Gasteiger partial charge in [-0.3, -0.25) is 14.9 Å². The van der Waals surface area contributed by atoms with E-state index in [1.165, 1.54) is 24.3 Å². The Hall–Kier alpha value is -3.30. The number of nitro groups is 1. The standard InChI is InChI=1S/C16H11ClN4O5/c17-9-4-5-11-12(7-9)19-16(23)14(18-11)13(20-24)15(22)8-2-1-3-10(6-8)21(25)26/h1-7,15,22,24H,(H,19,23)/b20-13-. The molecule has 0 spiro atoms. The van der Waals surface area contributed by atoms with E-state index in [1.807, 2.05) is 0 Å². The Morgan fingerprint density at radius 3 is 2.77 bits per heavy atom. The number of aliphatic hydroxyl groups is 1. The highest BCUT2D eigenvalue weighted by atomic mass is 35.5. The minimum Gasteiger partial charge on any atom is -0.410 e. The molecule has 0 bridgehead atoms. The number of rotatable bonds is 4. The Balaban J connectivity index is 2.09. The maximum Gasteiger partial charge on any atom is 0.276 e. The summed E-state index contributed by atoms with van der Waals surface area (Å²) in [5, 5.41) is 34.0. The number of H-pyrrole nitrogens is 1. The highest BCUT2D eigenvalue weighted by molar-refractivity contribution is 6.31. The van der Waals surface area contributed by atoms with Crippen LogP contribution in [0.4, 0.5) is 5.69 Å². The maximum absolute atomic E-state index is 12.3. The van der Waals surface area contributed by atoms with Gasteiger partial charge >= 0.3 is 0 Å². The molecule has 3 rings (SSSR count). The van der Waals surface area contributed by atoms with Gasteiger partial charge in [-0.05, 0) is 23.8 Å². The second kappa shape index (κ2) is 6.90. The van der Waals surface area contributed by atoms with Gasteiger partial charge in [-0.25, -0.2) is 4.98 Å². The van der Waals surface area contributed by atoms with Crippen LogP contribution in [0.3, 0.4) is 0 Å². The van der Waals surface area contributed by atoms with Crippen molar-refractivity contribution in [3.63, 3.8) is 0 Å². The molecule has 0 amide bonds. The number of hydrogen-bond donors (Lipinski definition) is 3. The molecule has 132 valence electrons. The number of nitrogens with one attached hydrogen (secondary N) is 1. The number of nitrogens with zero attached hydrogens (tertiary/aromatic N) is 3. The van der Waals surface area contributed by atoms with E-state index in [0.29, 0.717) is 16.1 Å². The van der Waals surface area contributed by atoms with Crippen molar-refractivity contribution in [3.8, 4) is 0 Å². The first-order chi connectivity index (χ1) is 12.4. The zero-order chi connectivity index (χ0) is 18.8. The van der Waals surface area contributed by atoms with E-state index in [9.17, 15) is 25.2 Å². The summed E-state index contributed by atoms with van der Waals surface area (Å²) in [5.41, 5.74) is -0.926. The topological polar surface area (TPSA) is 142 Å². The van der Waals surface area contributed by atoms with Gasteiger partial charge in [0, 0.05) is 17.2 Å². The van der Waals surface area contributed by atoms with Crippen LogP contribution in [0.2, 0.25) is 5.02 Å². The molecule has 26 heavy (non-hydrogen) atoms. The molecule has 3 N–H and O–H groups in total. The molecule has 1 aromatic heterocycles. The van der Waals surface area contributed by atoms with Crippen molar-refractivity contribution in [2.24, 2.45) is 5.16 Å². The van der Waals surface area contributed by atoms with E-state index in [-0.39, 0.29) is 16.9 Å². The average Bonchev–Trinajstić information content (AvgIpc) is 2.62. The number of oxime groups is 1. The number of nitro benzene ring substituents is 1. The Bertz CT molecular complexity index is 1100. The lowest BCUT2D eigenvalue weighted by Gasteiger charge is -2.12. The van der Waals surface area contributed by atoms with Gasteiger partial charge in [0.25, 0.3) is 11.2 Å². The summed E-state index contributed by atoms with van der Waals surface area (Å²) in [5.74, 6) is 0. The van der Waals surface area contributed by atoms with Crippen molar-refractivity contribution in [2.75, 3.05) is 0 Å². The molecule has 0 saturated carbocycles. The van der Waals surface area contributed by atoms with Gasteiger partial charge in [0.15, 0.2) is 5.69 Å². The summed E-state index contributed by atoms with van der Waals surface area (Å²) in [4.78, 5) is 29.2. The lowest BCUT2D eigenvalue weighted by Crippen LogP contribution is -2.25. The highest BCUT2D eigenvalue weighted by Crippen LogP contribution is 2.22. The van der Waals surface area contributed by atoms with E-state index >= 15 is 0 Å². The summed E-state index contributed by atoms with van der Waals surface area (Å²) >= 11 is 5.86. The third-order valence-electron chi connectivity index (χ3n) is 3.66. The fourth-order valence-electron chi connectivity index (χ4n) is 2.43. The highest BCUT2D eigenvalue weighted by Gasteiger charge is 2.24. The van der Waals surface area contributed by atoms with Gasteiger partial charge in [0.2, 0.25) is 0 Å². The number of aromatic nitrogens is 2. The minimum atomic E-state index is -1.60. The Kier molecular flexibility index (Phi) is 4.65. The third-order valence-corrected chi connectivity index (χ3v) is 3.90. The van der Waals surface area contributed by atoms with Crippen LogP contribution in [-0.4, -0.2) is 30.9 Å². The summed E-state index contributed by atoms with van der Waals surface area (Å²) in [7, 11) is 0. The van der Waals surface area contributed by atoms with Gasteiger partial charge < -0.3 is 15.3 Å². The zero-order valence-electron chi connectivity index (χ0n) is 13.0. The Morgan fingerprint density at radius 2 is 2.08 bits per heavy atom. The molecule has 0 aliphatic heterocycles. The van der Waals surface area contributed by atoms with Crippen LogP contribution in [0.15, 0.2) is 52.4 Å². The third kappa shape index (κ3) is 3.25. The maximum atomic E-state index is 12.3. The minimum absolute atomic E-state index is 0.0735. The molecule has 1 atom stereocenters. The molecule has 0 fully saturated rings. The number of aliphatic hydroxyl groups excluding tert-OH is 1. The lowest BCUT2D eigenvalue weighted by molar-refractivity contribution is -0.385. The number of non-ortho nitro benzene ring substituents is 1. The molecule has 1 unspecified atom stereocenters. The smallest absolute Gasteiger partial charge is 0.276 e. The summed E-state index contributed by atoms with van der Waals surface area (Å²) < 4.78 is 0. The van der Waals surface area contributed by atoms with Crippen molar-refractivity contribution in [3.05, 3.63) is 79.2 Å². The van der Waals surface area contributed by atoms with E-state index in [1.54, 1.807) is 12.1 Å². The van der Waals surface area contributed by atoms with Crippen LogP contribution < -0.4 is 5.56 Å². The Morgan fingerprint density at radius 1 is 1.31 bits per heavy atom. The van der Waals surface area contributed by atoms with Crippen LogP contribution in [0.5, 0.6) is 0 Å². The molecular weight excluding hydrogens is 364 g/mol. The fraction of sp³-hybridized carbons (Fsp3) is 0.0625. The molecule has 10 heteroatoms. The molecule has 0 saturated heterocycles.